The van der Waals surface area contributed by atoms with Crippen LogP contribution in [0.4, 0.5) is 0 Å². The second-order valence-corrected chi connectivity index (χ2v) is 8.77. The van der Waals surface area contributed by atoms with Crippen molar-refractivity contribution in [3.8, 4) is 22.1 Å². The molecule has 0 aliphatic rings. The van der Waals surface area contributed by atoms with Crippen molar-refractivity contribution in [1.29, 1.82) is 0 Å². The van der Waals surface area contributed by atoms with E-state index in [1.165, 1.54) is 0 Å². The van der Waals surface area contributed by atoms with Crippen LogP contribution in [0.25, 0.3) is 10.6 Å². The molecule has 0 unspecified atom stereocenters. The van der Waals surface area contributed by atoms with Gasteiger partial charge in [0.15, 0.2) is 11.0 Å². The van der Waals surface area contributed by atoms with E-state index in [9.17, 15) is 0 Å². The van der Waals surface area contributed by atoms with E-state index in [0.29, 0.717) is 29.7 Å². The summed E-state index contributed by atoms with van der Waals surface area (Å²) in [6, 6.07) is 15.4. The summed E-state index contributed by atoms with van der Waals surface area (Å²) in [4.78, 5) is 4.75. The van der Waals surface area contributed by atoms with Gasteiger partial charge in [-0.3, -0.25) is 0 Å². The van der Waals surface area contributed by atoms with E-state index in [4.69, 9.17) is 26.1 Å². The van der Waals surface area contributed by atoms with Crippen LogP contribution in [-0.4, -0.2) is 26.4 Å². The molecule has 0 aliphatic carbocycles. The Balaban J connectivity index is 1.35. The summed E-state index contributed by atoms with van der Waals surface area (Å²) < 4.78 is 13.2. The number of ether oxygens (including phenoxy) is 2. The zero-order chi connectivity index (χ0) is 21.6. The second-order valence-electron chi connectivity index (χ2n) is 6.57. The van der Waals surface area contributed by atoms with E-state index < -0.39 is 0 Å². The van der Waals surface area contributed by atoms with Gasteiger partial charge in [0.25, 0.3) is 0 Å². The lowest BCUT2D eigenvalue weighted by Gasteiger charge is -2.07. The summed E-state index contributed by atoms with van der Waals surface area (Å²) in [5, 5.41) is 13.0. The maximum absolute atomic E-state index is 6.14. The molecule has 0 saturated heterocycles. The van der Waals surface area contributed by atoms with Gasteiger partial charge in [-0.1, -0.05) is 35.5 Å². The van der Waals surface area contributed by atoms with Crippen LogP contribution in [-0.2, 0) is 19.4 Å². The summed E-state index contributed by atoms with van der Waals surface area (Å²) in [5.41, 5.74) is 2.10. The number of halogens is 1. The van der Waals surface area contributed by atoms with Gasteiger partial charge in [-0.2, -0.15) is 0 Å². The molecule has 0 saturated carbocycles. The molecule has 2 heterocycles. The lowest BCUT2D eigenvalue weighted by molar-refractivity contribution is 0.290. The molecule has 0 atom stereocenters. The molecule has 0 amide bonds. The maximum Gasteiger partial charge on any atom is 0.191 e. The third-order valence-corrected chi connectivity index (χ3v) is 6.74. The molecular formula is C22H21ClN4O2S2. The van der Waals surface area contributed by atoms with Crippen LogP contribution in [0.2, 0.25) is 5.02 Å². The second kappa shape index (κ2) is 10.2. The van der Waals surface area contributed by atoms with Crippen LogP contribution in [0.15, 0.2) is 59.1 Å². The fraction of sp³-hybridized carbons (Fsp3) is 0.227. The molecule has 2 aromatic heterocycles. The molecule has 0 radical (unpaired) electrons. The molecule has 0 aliphatic heterocycles. The van der Waals surface area contributed by atoms with E-state index in [0.717, 1.165) is 33.0 Å². The first-order valence-electron chi connectivity index (χ1n) is 9.70. The van der Waals surface area contributed by atoms with Crippen LogP contribution >= 0.6 is 34.7 Å². The number of thioether (sulfide) groups is 1. The van der Waals surface area contributed by atoms with Crippen molar-refractivity contribution in [2.45, 2.75) is 24.4 Å². The number of thiazole rings is 1. The van der Waals surface area contributed by atoms with Gasteiger partial charge < -0.3 is 14.0 Å². The number of nitrogens with zero attached hydrogens (tertiary/aromatic N) is 4. The van der Waals surface area contributed by atoms with Crippen molar-refractivity contribution in [2.75, 3.05) is 6.61 Å². The normalized spacial score (nSPS) is 10.9. The lowest BCUT2D eigenvalue weighted by atomic mass is 10.2. The fourth-order valence-corrected chi connectivity index (χ4v) is 4.75. The molecule has 0 fully saturated rings. The lowest BCUT2D eigenvalue weighted by Crippen LogP contribution is -2.04. The van der Waals surface area contributed by atoms with Crippen LogP contribution in [0.1, 0.15) is 18.4 Å². The first-order valence-corrected chi connectivity index (χ1v) is 11.9. The van der Waals surface area contributed by atoms with Gasteiger partial charge in [0.2, 0.25) is 0 Å². The Kier molecular flexibility index (Phi) is 7.11. The predicted octanol–water partition coefficient (Wildman–Crippen LogP) is 5.86. The molecule has 0 bridgehead atoms. The summed E-state index contributed by atoms with van der Waals surface area (Å²) in [6.07, 6.45) is 0. The summed E-state index contributed by atoms with van der Waals surface area (Å²) in [7, 11) is 1.93. The van der Waals surface area contributed by atoms with Crippen LogP contribution < -0.4 is 9.47 Å². The van der Waals surface area contributed by atoms with Gasteiger partial charge in [0.1, 0.15) is 23.1 Å². The fourth-order valence-electron chi connectivity index (χ4n) is 2.81. The SMILES string of the molecule is CCOc1ccc(-c2nc(CSc3nnc(COc4ccccc4Cl)n3C)cs2)cc1. The quantitative estimate of drug-likeness (QED) is 0.284. The van der Waals surface area contributed by atoms with Gasteiger partial charge in [-0.25, -0.2) is 4.98 Å². The van der Waals surface area contributed by atoms with Gasteiger partial charge >= 0.3 is 0 Å². The first-order chi connectivity index (χ1) is 15.1. The zero-order valence-corrected chi connectivity index (χ0v) is 19.5. The molecule has 0 spiro atoms. The van der Waals surface area contributed by atoms with Crippen LogP contribution in [0, 0.1) is 0 Å². The number of benzene rings is 2. The Bertz CT molecular complexity index is 1140. The van der Waals surface area contributed by atoms with E-state index in [-0.39, 0.29) is 0 Å². The highest BCUT2D eigenvalue weighted by atomic mass is 35.5. The molecule has 9 heteroatoms. The highest BCUT2D eigenvalue weighted by molar-refractivity contribution is 7.98. The van der Waals surface area contributed by atoms with Crippen molar-refractivity contribution in [3.05, 3.63) is 70.5 Å². The van der Waals surface area contributed by atoms with Crippen LogP contribution in [0.5, 0.6) is 11.5 Å². The number of rotatable bonds is 9. The van der Waals surface area contributed by atoms with Crippen LogP contribution in [0.3, 0.4) is 0 Å². The standard InChI is InChI=1S/C22H21ClN4O2S2/c1-3-28-17-10-8-15(9-11-17)21-24-16(13-30-21)14-31-22-26-25-20(27(22)2)12-29-19-7-5-4-6-18(19)23/h4-11,13H,3,12,14H2,1-2H3. The minimum absolute atomic E-state index is 0.298. The summed E-state index contributed by atoms with van der Waals surface area (Å²) in [5.74, 6) is 2.95. The minimum Gasteiger partial charge on any atom is -0.494 e. The zero-order valence-electron chi connectivity index (χ0n) is 17.1. The Morgan fingerprint density at radius 3 is 2.65 bits per heavy atom. The highest BCUT2D eigenvalue weighted by Gasteiger charge is 2.12. The smallest absolute Gasteiger partial charge is 0.191 e. The monoisotopic (exact) mass is 472 g/mol. The van der Waals surface area contributed by atoms with E-state index in [1.807, 2.05) is 61.0 Å². The van der Waals surface area contributed by atoms with Crippen molar-refractivity contribution >= 4 is 34.7 Å². The Morgan fingerprint density at radius 2 is 1.87 bits per heavy atom. The van der Waals surface area contributed by atoms with Gasteiger partial charge in [0, 0.05) is 23.7 Å². The summed E-state index contributed by atoms with van der Waals surface area (Å²) in [6.45, 7) is 2.94. The average molecular weight is 473 g/mol. The van der Waals surface area contributed by atoms with Gasteiger partial charge in [0.05, 0.1) is 17.3 Å². The first kappa shape index (κ1) is 21.7. The average Bonchev–Trinajstić information content (AvgIpc) is 3.39. The maximum atomic E-state index is 6.14. The number of para-hydroxylation sites is 1. The molecule has 0 N–H and O–H groups in total. The highest BCUT2D eigenvalue weighted by Crippen LogP contribution is 2.29. The molecule has 4 aromatic rings. The summed E-state index contributed by atoms with van der Waals surface area (Å²) >= 11 is 9.37. The number of hydrogen-bond acceptors (Lipinski definition) is 7. The van der Waals surface area contributed by atoms with E-state index >= 15 is 0 Å². The Hall–Kier alpha value is -2.55. The van der Waals surface area contributed by atoms with Crippen molar-refractivity contribution in [2.24, 2.45) is 7.05 Å². The van der Waals surface area contributed by atoms with Gasteiger partial charge in [-0.05, 0) is 43.3 Å². The molecular weight excluding hydrogens is 452 g/mol. The van der Waals surface area contributed by atoms with E-state index in [2.05, 4.69) is 15.6 Å². The predicted molar refractivity (Wildman–Crippen MR) is 125 cm³/mol. The largest absolute Gasteiger partial charge is 0.494 e. The topological polar surface area (TPSA) is 62.1 Å². The van der Waals surface area contributed by atoms with Crippen molar-refractivity contribution in [3.63, 3.8) is 0 Å². The molecule has 2 aromatic carbocycles. The third-order valence-electron chi connectivity index (χ3n) is 4.43. The molecule has 160 valence electrons. The van der Waals surface area contributed by atoms with Crippen molar-refractivity contribution < 1.29 is 9.47 Å². The van der Waals surface area contributed by atoms with E-state index in [1.54, 1.807) is 29.2 Å². The van der Waals surface area contributed by atoms with Gasteiger partial charge in [-0.15, -0.1) is 21.5 Å². The number of hydrogen-bond donors (Lipinski definition) is 0. The van der Waals surface area contributed by atoms with Crippen molar-refractivity contribution in [1.82, 2.24) is 19.7 Å². The molecule has 31 heavy (non-hydrogen) atoms. The Morgan fingerprint density at radius 1 is 1.06 bits per heavy atom. The number of aromatic nitrogens is 4. The Labute approximate surface area is 194 Å². The third kappa shape index (κ3) is 5.39. The molecule has 6 nitrogen and oxygen atoms in total. The minimum atomic E-state index is 0.298. The molecule has 4 rings (SSSR count).